The van der Waals surface area contributed by atoms with Crippen LogP contribution < -0.4 is 4.31 Å². The van der Waals surface area contributed by atoms with Crippen molar-refractivity contribution in [3.63, 3.8) is 0 Å². The van der Waals surface area contributed by atoms with E-state index < -0.39 is 21.2 Å². The van der Waals surface area contributed by atoms with Gasteiger partial charge in [0.2, 0.25) is 10.0 Å². The van der Waals surface area contributed by atoms with Crippen molar-refractivity contribution < 1.29 is 18.3 Å². The molecule has 0 aliphatic heterocycles. The minimum absolute atomic E-state index is 0.0549. The summed E-state index contributed by atoms with van der Waals surface area (Å²) < 4.78 is 25.9. The van der Waals surface area contributed by atoms with E-state index in [9.17, 15) is 13.2 Å². The third-order valence-corrected chi connectivity index (χ3v) is 5.00. The van der Waals surface area contributed by atoms with Gasteiger partial charge in [0.1, 0.15) is 0 Å². The summed E-state index contributed by atoms with van der Waals surface area (Å²) in [4.78, 5) is 10.7. The summed E-state index contributed by atoms with van der Waals surface area (Å²) in [5.41, 5.74) is 1.34. The van der Waals surface area contributed by atoms with Gasteiger partial charge < -0.3 is 5.11 Å². The third kappa shape index (κ3) is 3.70. The van der Waals surface area contributed by atoms with Crippen LogP contribution in [0.1, 0.15) is 25.8 Å². The number of aliphatic carboxylic acids is 1. The quantitative estimate of drug-likeness (QED) is 0.867. The van der Waals surface area contributed by atoms with E-state index in [2.05, 4.69) is 0 Å². The average molecular weight is 285 g/mol. The van der Waals surface area contributed by atoms with Crippen molar-refractivity contribution in [3.05, 3.63) is 29.8 Å². The molecule has 0 radical (unpaired) electrons. The maximum absolute atomic E-state index is 12.3. The number of aryl methyl sites for hydroxylation is 1. The zero-order valence-electron chi connectivity index (χ0n) is 11.3. The van der Waals surface area contributed by atoms with Crippen molar-refractivity contribution in [2.75, 3.05) is 10.8 Å². The molecule has 1 aromatic carbocycles. The zero-order valence-corrected chi connectivity index (χ0v) is 12.1. The Balaban J connectivity index is 3.21. The van der Waals surface area contributed by atoms with Crippen LogP contribution in [0.25, 0.3) is 0 Å². The molecule has 1 aromatic rings. The van der Waals surface area contributed by atoms with Crippen LogP contribution in [0, 0.1) is 6.92 Å². The van der Waals surface area contributed by atoms with Gasteiger partial charge in [0.05, 0.1) is 17.4 Å². The van der Waals surface area contributed by atoms with Gasteiger partial charge in [-0.1, -0.05) is 18.2 Å². The van der Waals surface area contributed by atoms with Gasteiger partial charge in [0.15, 0.2) is 0 Å². The Bertz CT molecular complexity index is 552. The highest BCUT2D eigenvalue weighted by atomic mass is 32.2. The maximum Gasteiger partial charge on any atom is 0.305 e. The summed E-state index contributed by atoms with van der Waals surface area (Å²) in [6.07, 6.45) is -0.222. The van der Waals surface area contributed by atoms with Crippen molar-refractivity contribution in [1.82, 2.24) is 0 Å². The highest BCUT2D eigenvalue weighted by Gasteiger charge is 2.27. The number of sulfonamides is 1. The van der Waals surface area contributed by atoms with Crippen LogP contribution in [0.5, 0.6) is 0 Å². The number of carbonyl (C=O) groups is 1. The molecule has 0 saturated carbocycles. The highest BCUT2D eigenvalue weighted by Crippen LogP contribution is 2.24. The Hall–Kier alpha value is -1.56. The van der Waals surface area contributed by atoms with Gasteiger partial charge in [-0.3, -0.25) is 9.10 Å². The molecule has 5 nitrogen and oxygen atoms in total. The van der Waals surface area contributed by atoms with Gasteiger partial charge >= 0.3 is 5.97 Å². The first-order chi connectivity index (χ1) is 8.76. The Morgan fingerprint density at radius 3 is 2.37 bits per heavy atom. The molecule has 6 heteroatoms. The molecule has 0 aromatic heterocycles. The van der Waals surface area contributed by atoms with E-state index >= 15 is 0 Å². The number of carboxylic acids is 1. The van der Waals surface area contributed by atoms with Crippen LogP contribution in [0.3, 0.4) is 0 Å². The summed E-state index contributed by atoms with van der Waals surface area (Å²) in [7, 11) is -3.54. The van der Waals surface area contributed by atoms with Crippen molar-refractivity contribution in [3.8, 4) is 0 Å². The fourth-order valence-electron chi connectivity index (χ4n) is 1.68. The lowest BCUT2D eigenvalue weighted by Crippen LogP contribution is -2.38. The Morgan fingerprint density at radius 2 is 1.89 bits per heavy atom. The predicted molar refractivity (Wildman–Crippen MR) is 74.8 cm³/mol. The van der Waals surface area contributed by atoms with Gasteiger partial charge in [-0.05, 0) is 32.4 Å². The molecule has 19 heavy (non-hydrogen) atoms. The van der Waals surface area contributed by atoms with E-state index in [1.165, 1.54) is 4.31 Å². The summed E-state index contributed by atoms with van der Waals surface area (Å²) in [5, 5.41) is 8.17. The summed E-state index contributed by atoms with van der Waals surface area (Å²) in [6, 6.07) is 7.05. The molecule has 0 bridgehead atoms. The van der Waals surface area contributed by atoms with E-state index in [-0.39, 0.29) is 13.0 Å². The molecule has 106 valence electrons. The maximum atomic E-state index is 12.3. The second-order valence-corrected chi connectivity index (χ2v) is 7.01. The molecule has 0 aliphatic rings. The SMILES string of the molecule is Cc1ccccc1N(CCC(=O)O)S(=O)(=O)C(C)C. The molecule has 0 heterocycles. The van der Waals surface area contributed by atoms with Crippen LogP contribution in [0.4, 0.5) is 5.69 Å². The number of anilines is 1. The first-order valence-corrected chi connectivity index (χ1v) is 7.56. The average Bonchev–Trinajstić information content (AvgIpc) is 2.30. The molecule has 0 spiro atoms. The monoisotopic (exact) mass is 285 g/mol. The molecule has 0 unspecified atom stereocenters. The first kappa shape index (κ1) is 15.5. The number of hydrogen-bond donors (Lipinski definition) is 1. The molecule has 0 amide bonds. The lowest BCUT2D eigenvalue weighted by atomic mass is 10.2. The van der Waals surface area contributed by atoms with Gasteiger partial charge in [0.25, 0.3) is 0 Å². The second-order valence-electron chi connectivity index (χ2n) is 4.60. The van der Waals surface area contributed by atoms with Gasteiger partial charge in [-0.25, -0.2) is 8.42 Å². The summed E-state index contributed by atoms with van der Waals surface area (Å²) >= 11 is 0. The second kappa shape index (κ2) is 6.06. The Morgan fingerprint density at radius 1 is 1.32 bits per heavy atom. The van der Waals surface area contributed by atoms with E-state index in [0.717, 1.165) is 5.56 Å². The zero-order chi connectivity index (χ0) is 14.6. The Kier molecular flexibility index (Phi) is 4.94. The van der Waals surface area contributed by atoms with Crippen LogP contribution in [0.2, 0.25) is 0 Å². The summed E-state index contributed by atoms with van der Waals surface area (Å²) in [6.45, 7) is 4.92. The number of benzene rings is 1. The minimum Gasteiger partial charge on any atom is -0.481 e. The number of carboxylic acid groups (broad SMARTS) is 1. The third-order valence-electron chi connectivity index (χ3n) is 2.82. The van der Waals surface area contributed by atoms with E-state index in [4.69, 9.17) is 5.11 Å². The molecular formula is C13H19NO4S. The van der Waals surface area contributed by atoms with Crippen LogP contribution in [0.15, 0.2) is 24.3 Å². The van der Waals surface area contributed by atoms with Gasteiger partial charge in [-0.2, -0.15) is 0 Å². The number of hydrogen-bond acceptors (Lipinski definition) is 3. The van der Waals surface area contributed by atoms with Crippen molar-refractivity contribution in [1.29, 1.82) is 0 Å². The molecular weight excluding hydrogens is 266 g/mol. The van der Waals surface area contributed by atoms with E-state index in [1.807, 2.05) is 6.07 Å². The van der Waals surface area contributed by atoms with E-state index in [1.54, 1.807) is 39.0 Å². The smallest absolute Gasteiger partial charge is 0.305 e. The molecule has 1 N–H and O–H groups in total. The fraction of sp³-hybridized carbons (Fsp3) is 0.462. The topological polar surface area (TPSA) is 74.7 Å². The number of para-hydroxylation sites is 1. The molecule has 1 rings (SSSR count). The largest absolute Gasteiger partial charge is 0.481 e. The minimum atomic E-state index is -3.54. The predicted octanol–water partition coefficient (Wildman–Crippen LogP) is 2.01. The molecule has 0 saturated heterocycles. The number of rotatable bonds is 6. The van der Waals surface area contributed by atoms with Crippen LogP contribution in [-0.2, 0) is 14.8 Å². The fourth-order valence-corrected chi connectivity index (χ4v) is 3.01. The highest BCUT2D eigenvalue weighted by molar-refractivity contribution is 7.93. The van der Waals surface area contributed by atoms with E-state index in [0.29, 0.717) is 5.69 Å². The first-order valence-electron chi connectivity index (χ1n) is 6.05. The van der Waals surface area contributed by atoms with Crippen LogP contribution in [-0.4, -0.2) is 31.3 Å². The lowest BCUT2D eigenvalue weighted by molar-refractivity contribution is -0.136. The lowest BCUT2D eigenvalue weighted by Gasteiger charge is -2.27. The standard InChI is InChI=1S/C13H19NO4S/c1-10(2)19(17,18)14(9-8-13(15)16)12-7-5-4-6-11(12)3/h4-7,10H,8-9H2,1-3H3,(H,15,16). The van der Waals surface area contributed by atoms with Crippen LogP contribution >= 0.6 is 0 Å². The van der Waals surface area contributed by atoms with Crippen molar-refractivity contribution >= 4 is 21.7 Å². The van der Waals surface area contributed by atoms with Crippen molar-refractivity contribution in [2.45, 2.75) is 32.4 Å². The van der Waals surface area contributed by atoms with Crippen molar-refractivity contribution in [2.24, 2.45) is 0 Å². The normalized spacial score (nSPS) is 11.6. The molecule has 0 aliphatic carbocycles. The Labute approximate surface area is 113 Å². The van der Waals surface area contributed by atoms with Gasteiger partial charge in [-0.15, -0.1) is 0 Å². The number of nitrogens with zero attached hydrogens (tertiary/aromatic N) is 1. The van der Waals surface area contributed by atoms with Gasteiger partial charge in [0, 0.05) is 6.54 Å². The summed E-state index contributed by atoms with van der Waals surface area (Å²) in [5.74, 6) is -1.02. The molecule has 0 fully saturated rings. The molecule has 0 atom stereocenters.